The number of carbonyl (C=O) groups excluding carboxylic acids is 1. The maximum absolute atomic E-state index is 12.5. The molecule has 1 aliphatic rings. The van der Waals surface area contributed by atoms with E-state index in [0.717, 1.165) is 34.1 Å². The van der Waals surface area contributed by atoms with Crippen LogP contribution >= 0.6 is 0 Å². The van der Waals surface area contributed by atoms with Crippen LogP contribution in [0, 0.1) is 19.8 Å². The van der Waals surface area contributed by atoms with Crippen molar-refractivity contribution in [2.75, 3.05) is 13.1 Å². The van der Waals surface area contributed by atoms with E-state index in [1.54, 1.807) is 11.2 Å². The van der Waals surface area contributed by atoms with Crippen LogP contribution in [-0.2, 0) is 16.0 Å². The summed E-state index contributed by atoms with van der Waals surface area (Å²) in [7, 11) is 0. The Bertz CT molecular complexity index is 762. The van der Waals surface area contributed by atoms with Crippen molar-refractivity contribution in [3.8, 4) is 0 Å². The molecule has 0 spiro atoms. The minimum absolute atomic E-state index is 0.0307. The molecule has 1 saturated heterocycles. The van der Waals surface area contributed by atoms with Gasteiger partial charge in [-0.15, -0.1) is 0 Å². The molecule has 1 atom stereocenters. The van der Waals surface area contributed by atoms with Crippen LogP contribution in [0.3, 0.4) is 0 Å². The van der Waals surface area contributed by atoms with Crippen LogP contribution in [-0.4, -0.2) is 35.0 Å². The summed E-state index contributed by atoms with van der Waals surface area (Å²) in [6.45, 7) is 4.98. The lowest BCUT2D eigenvalue weighted by atomic mass is 9.97. The summed E-state index contributed by atoms with van der Waals surface area (Å²) in [5, 5.41) is 10.1. The van der Waals surface area contributed by atoms with Crippen LogP contribution in [0.1, 0.15) is 29.5 Å². The normalized spacial score (nSPS) is 18.3. The third kappa shape index (κ3) is 2.96. The molecule has 0 saturated carbocycles. The van der Waals surface area contributed by atoms with E-state index >= 15 is 0 Å². The van der Waals surface area contributed by atoms with E-state index < -0.39 is 11.9 Å². The number of carbonyl (C=O) groups is 2. The predicted octanol–water partition coefficient (Wildman–Crippen LogP) is 2.92. The largest absolute Gasteiger partial charge is 0.481 e. The Morgan fingerprint density at radius 3 is 2.87 bits per heavy atom. The Kier molecular flexibility index (Phi) is 4.11. The molecular formula is C18H21NO4. The summed E-state index contributed by atoms with van der Waals surface area (Å²) in [5.74, 6) is -1.29. The predicted molar refractivity (Wildman–Crippen MR) is 86.3 cm³/mol. The van der Waals surface area contributed by atoms with Gasteiger partial charge in [0.25, 0.3) is 0 Å². The van der Waals surface area contributed by atoms with Gasteiger partial charge in [0.1, 0.15) is 5.58 Å². The molecule has 3 rings (SSSR count). The number of amides is 1. The summed E-state index contributed by atoms with van der Waals surface area (Å²) in [6.07, 6.45) is 3.29. The molecule has 5 nitrogen and oxygen atoms in total. The fourth-order valence-electron chi connectivity index (χ4n) is 3.21. The molecule has 1 aromatic carbocycles. The standard InChI is InChI=1S/C18H21NO4/c1-11-5-6-15-14(10-23-17(15)12(11)2)8-16(20)19-7-3-4-13(9-19)18(21)22/h5-6,10,13H,3-4,7-9H2,1-2H3,(H,21,22)/t13-/m0/s1. The number of nitrogens with zero attached hydrogens (tertiary/aromatic N) is 1. The molecule has 2 heterocycles. The summed E-state index contributed by atoms with van der Waals surface area (Å²) in [4.78, 5) is 25.3. The molecule has 0 bridgehead atoms. The van der Waals surface area contributed by atoms with Crippen LogP contribution < -0.4 is 0 Å². The van der Waals surface area contributed by atoms with Crippen LogP contribution in [0.4, 0.5) is 0 Å². The van der Waals surface area contributed by atoms with Crippen LogP contribution in [0.2, 0.25) is 0 Å². The van der Waals surface area contributed by atoms with Crippen molar-refractivity contribution in [3.63, 3.8) is 0 Å². The molecular weight excluding hydrogens is 294 g/mol. The Morgan fingerprint density at radius 2 is 2.13 bits per heavy atom. The summed E-state index contributed by atoms with van der Waals surface area (Å²) >= 11 is 0. The molecule has 122 valence electrons. The number of furan rings is 1. The third-order valence-corrected chi connectivity index (χ3v) is 4.81. The first kappa shape index (κ1) is 15.6. The lowest BCUT2D eigenvalue weighted by molar-refractivity contribution is -0.145. The van der Waals surface area contributed by atoms with Gasteiger partial charge in [-0.1, -0.05) is 12.1 Å². The Labute approximate surface area is 134 Å². The highest BCUT2D eigenvalue weighted by molar-refractivity contribution is 5.89. The zero-order valence-corrected chi connectivity index (χ0v) is 13.5. The second kappa shape index (κ2) is 6.07. The fourth-order valence-corrected chi connectivity index (χ4v) is 3.21. The van der Waals surface area contributed by atoms with Gasteiger partial charge in [0.05, 0.1) is 18.6 Å². The molecule has 1 aromatic heterocycles. The molecule has 23 heavy (non-hydrogen) atoms. The zero-order valence-electron chi connectivity index (χ0n) is 13.5. The van der Waals surface area contributed by atoms with Crippen LogP contribution in [0.15, 0.2) is 22.8 Å². The molecule has 1 amide bonds. The van der Waals surface area contributed by atoms with E-state index in [2.05, 4.69) is 0 Å². The van der Waals surface area contributed by atoms with Crippen molar-refractivity contribution in [3.05, 3.63) is 35.1 Å². The highest BCUT2D eigenvalue weighted by Crippen LogP contribution is 2.27. The van der Waals surface area contributed by atoms with E-state index in [1.165, 1.54) is 0 Å². The minimum Gasteiger partial charge on any atom is -0.481 e. The van der Waals surface area contributed by atoms with Gasteiger partial charge in [0.15, 0.2) is 0 Å². The van der Waals surface area contributed by atoms with E-state index in [9.17, 15) is 9.59 Å². The second-order valence-electron chi connectivity index (χ2n) is 6.34. The second-order valence-corrected chi connectivity index (χ2v) is 6.34. The first-order valence-corrected chi connectivity index (χ1v) is 7.94. The number of rotatable bonds is 3. The number of carboxylic acid groups (broad SMARTS) is 1. The first-order valence-electron chi connectivity index (χ1n) is 7.94. The van der Waals surface area contributed by atoms with Gasteiger partial charge in [-0.25, -0.2) is 0 Å². The van der Waals surface area contributed by atoms with E-state index in [-0.39, 0.29) is 12.3 Å². The highest BCUT2D eigenvalue weighted by atomic mass is 16.4. The van der Waals surface area contributed by atoms with E-state index in [0.29, 0.717) is 19.5 Å². The van der Waals surface area contributed by atoms with Gasteiger partial charge >= 0.3 is 5.97 Å². The lowest BCUT2D eigenvalue weighted by Crippen LogP contribution is -2.42. The maximum Gasteiger partial charge on any atom is 0.308 e. The maximum atomic E-state index is 12.5. The highest BCUT2D eigenvalue weighted by Gasteiger charge is 2.28. The zero-order chi connectivity index (χ0) is 16.6. The number of piperidine rings is 1. The van der Waals surface area contributed by atoms with Crippen molar-refractivity contribution in [1.82, 2.24) is 4.90 Å². The number of carboxylic acids is 1. The van der Waals surface area contributed by atoms with Gasteiger partial charge in [0.2, 0.25) is 5.91 Å². The van der Waals surface area contributed by atoms with E-state index in [1.807, 2.05) is 26.0 Å². The van der Waals surface area contributed by atoms with Crippen molar-refractivity contribution in [2.24, 2.45) is 5.92 Å². The van der Waals surface area contributed by atoms with Gasteiger partial charge in [-0.2, -0.15) is 0 Å². The topological polar surface area (TPSA) is 70.8 Å². The van der Waals surface area contributed by atoms with Crippen LogP contribution in [0.25, 0.3) is 11.0 Å². The summed E-state index contributed by atoms with van der Waals surface area (Å²) in [6, 6.07) is 4.02. The number of aliphatic carboxylic acids is 1. The first-order chi connectivity index (χ1) is 11.0. The quantitative estimate of drug-likeness (QED) is 0.945. The van der Waals surface area contributed by atoms with Gasteiger partial charge in [0, 0.05) is 24.0 Å². The Balaban J connectivity index is 1.78. The van der Waals surface area contributed by atoms with Crippen molar-refractivity contribution in [2.45, 2.75) is 33.1 Å². The van der Waals surface area contributed by atoms with Crippen molar-refractivity contribution in [1.29, 1.82) is 0 Å². The lowest BCUT2D eigenvalue weighted by Gasteiger charge is -2.30. The molecule has 5 heteroatoms. The average molecular weight is 315 g/mol. The Morgan fingerprint density at radius 1 is 1.35 bits per heavy atom. The smallest absolute Gasteiger partial charge is 0.308 e. The number of benzene rings is 1. The minimum atomic E-state index is -0.817. The summed E-state index contributed by atoms with van der Waals surface area (Å²) < 4.78 is 5.64. The van der Waals surface area contributed by atoms with Gasteiger partial charge in [-0.3, -0.25) is 9.59 Å². The van der Waals surface area contributed by atoms with Crippen molar-refractivity contribution >= 4 is 22.8 Å². The number of hydrogen-bond acceptors (Lipinski definition) is 3. The Hall–Kier alpha value is -2.30. The molecule has 1 aliphatic heterocycles. The third-order valence-electron chi connectivity index (χ3n) is 4.81. The average Bonchev–Trinajstić information content (AvgIpc) is 2.94. The van der Waals surface area contributed by atoms with Gasteiger partial charge < -0.3 is 14.4 Å². The van der Waals surface area contributed by atoms with Crippen molar-refractivity contribution < 1.29 is 19.1 Å². The monoisotopic (exact) mass is 315 g/mol. The van der Waals surface area contributed by atoms with E-state index in [4.69, 9.17) is 9.52 Å². The fraction of sp³-hybridized carbons (Fsp3) is 0.444. The molecule has 1 fully saturated rings. The molecule has 0 aliphatic carbocycles. The molecule has 1 N–H and O–H groups in total. The number of aryl methyl sites for hydroxylation is 2. The number of likely N-dealkylation sites (tertiary alicyclic amines) is 1. The molecule has 2 aromatic rings. The summed E-state index contributed by atoms with van der Waals surface area (Å²) in [5.41, 5.74) is 3.94. The number of fused-ring (bicyclic) bond motifs is 1. The SMILES string of the molecule is Cc1ccc2c(CC(=O)N3CCC[C@H](C(=O)O)C3)coc2c1C. The number of hydrogen-bond donors (Lipinski definition) is 1. The molecule has 0 radical (unpaired) electrons. The molecule has 0 unspecified atom stereocenters. The van der Waals surface area contributed by atoms with Crippen LogP contribution in [0.5, 0.6) is 0 Å². The van der Waals surface area contributed by atoms with Gasteiger partial charge in [-0.05, 0) is 37.8 Å².